The summed E-state index contributed by atoms with van der Waals surface area (Å²) < 4.78 is 12.7. The van der Waals surface area contributed by atoms with Gasteiger partial charge in [-0.3, -0.25) is 0 Å². The molecule has 13 heavy (non-hydrogen) atoms. The second kappa shape index (κ2) is 5.23. The molecule has 0 aliphatic rings. The monoisotopic (exact) mass is 200 g/mol. The zero-order valence-electron chi connectivity index (χ0n) is 7.82. The molecule has 0 aliphatic heterocycles. The molecule has 0 saturated heterocycles. The third-order valence-corrected chi connectivity index (χ3v) is 2.40. The molecule has 0 N–H and O–H groups in total. The van der Waals surface area contributed by atoms with Gasteiger partial charge < -0.3 is 0 Å². The number of alkyl halides is 1. The fourth-order valence-corrected chi connectivity index (χ4v) is 1.54. The van der Waals surface area contributed by atoms with Gasteiger partial charge in [0.25, 0.3) is 0 Å². The first-order chi connectivity index (χ1) is 6.24. The van der Waals surface area contributed by atoms with Crippen molar-refractivity contribution in [1.29, 1.82) is 0 Å². The zero-order chi connectivity index (χ0) is 9.68. The first-order valence-corrected chi connectivity index (χ1v) is 5.08. The fourth-order valence-electron chi connectivity index (χ4n) is 1.35. The van der Waals surface area contributed by atoms with Crippen molar-refractivity contribution in [2.45, 2.75) is 26.2 Å². The van der Waals surface area contributed by atoms with E-state index in [9.17, 15) is 4.39 Å². The first-order valence-electron chi connectivity index (χ1n) is 4.55. The Bertz CT molecular complexity index is 271. The van der Waals surface area contributed by atoms with Crippen LogP contribution in [-0.2, 0) is 6.42 Å². The molecule has 2 heteroatoms. The van der Waals surface area contributed by atoms with Crippen LogP contribution < -0.4 is 0 Å². The second-order valence-electron chi connectivity index (χ2n) is 3.22. The van der Waals surface area contributed by atoms with E-state index in [-0.39, 0.29) is 5.82 Å². The van der Waals surface area contributed by atoms with Crippen LogP contribution in [0.5, 0.6) is 0 Å². The summed E-state index contributed by atoms with van der Waals surface area (Å²) in [5.41, 5.74) is 2.26. The molecule has 1 rings (SSSR count). The van der Waals surface area contributed by atoms with Gasteiger partial charge in [0.2, 0.25) is 0 Å². The van der Waals surface area contributed by atoms with Crippen LogP contribution >= 0.6 is 11.6 Å². The standard InChI is InChI=1S/C11H14ClF/c1-9-8-11(13)6-5-10(9)4-2-3-7-12/h5-6,8H,2-4,7H2,1H3. The summed E-state index contributed by atoms with van der Waals surface area (Å²) in [5.74, 6) is 0.554. The second-order valence-corrected chi connectivity index (χ2v) is 3.59. The highest BCUT2D eigenvalue weighted by Gasteiger charge is 1.99. The van der Waals surface area contributed by atoms with Crippen LogP contribution in [-0.4, -0.2) is 5.88 Å². The molecule has 72 valence electrons. The minimum Gasteiger partial charge on any atom is -0.207 e. The third kappa shape index (κ3) is 3.35. The van der Waals surface area contributed by atoms with Gasteiger partial charge >= 0.3 is 0 Å². The van der Waals surface area contributed by atoms with Crippen molar-refractivity contribution in [2.24, 2.45) is 0 Å². The van der Waals surface area contributed by atoms with Crippen molar-refractivity contribution in [2.75, 3.05) is 5.88 Å². The molecule has 0 aromatic heterocycles. The van der Waals surface area contributed by atoms with Gasteiger partial charge in [0.05, 0.1) is 0 Å². The number of unbranched alkanes of at least 4 members (excludes halogenated alkanes) is 1. The van der Waals surface area contributed by atoms with Gasteiger partial charge in [-0.1, -0.05) is 6.07 Å². The smallest absolute Gasteiger partial charge is 0.123 e. The molecule has 0 atom stereocenters. The van der Waals surface area contributed by atoms with Crippen molar-refractivity contribution in [1.82, 2.24) is 0 Å². The van der Waals surface area contributed by atoms with Gasteiger partial charge in [0.1, 0.15) is 5.82 Å². The lowest BCUT2D eigenvalue weighted by molar-refractivity contribution is 0.625. The normalized spacial score (nSPS) is 10.4. The van der Waals surface area contributed by atoms with Crippen LogP contribution in [0.1, 0.15) is 24.0 Å². The maximum Gasteiger partial charge on any atom is 0.123 e. The van der Waals surface area contributed by atoms with Crippen molar-refractivity contribution >= 4 is 11.6 Å². The number of hydrogen-bond donors (Lipinski definition) is 0. The molecule has 0 aliphatic carbocycles. The first kappa shape index (κ1) is 10.5. The maximum atomic E-state index is 12.7. The number of aryl methyl sites for hydroxylation is 2. The maximum absolute atomic E-state index is 12.7. The van der Waals surface area contributed by atoms with Gasteiger partial charge in [-0.05, 0) is 49.4 Å². The van der Waals surface area contributed by atoms with Gasteiger partial charge in [0.15, 0.2) is 0 Å². The third-order valence-electron chi connectivity index (χ3n) is 2.13. The molecule has 0 fully saturated rings. The van der Waals surface area contributed by atoms with E-state index in [0.717, 1.165) is 24.8 Å². The molecule has 0 saturated carbocycles. The molecule has 1 aromatic rings. The van der Waals surface area contributed by atoms with E-state index in [1.165, 1.54) is 11.6 Å². The van der Waals surface area contributed by atoms with Crippen LogP contribution in [0.25, 0.3) is 0 Å². The molecule has 1 aromatic carbocycles. The average molecular weight is 201 g/mol. The Kier molecular flexibility index (Phi) is 4.23. The van der Waals surface area contributed by atoms with Crippen molar-refractivity contribution in [3.63, 3.8) is 0 Å². The highest BCUT2D eigenvalue weighted by atomic mass is 35.5. The number of halogens is 2. The zero-order valence-corrected chi connectivity index (χ0v) is 8.57. The molecule has 0 bridgehead atoms. The summed E-state index contributed by atoms with van der Waals surface area (Å²) in [6.45, 7) is 1.94. The lowest BCUT2D eigenvalue weighted by atomic mass is 10.0. The molecule has 0 amide bonds. The van der Waals surface area contributed by atoms with Crippen molar-refractivity contribution in [3.8, 4) is 0 Å². The van der Waals surface area contributed by atoms with E-state index in [2.05, 4.69) is 0 Å². The average Bonchev–Trinajstić information content (AvgIpc) is 2.09. The molecule has 0 nitrogen and oxygen atoms in total. The quantitative estimate of drug-likeness (QED) is 0.514. The molecular weight excluding hydrogens is 187 g/mol. The van der Waals surface area contributed by atoms with Gasteiger partial charge in [-0.15, -0.1) is 11.6 Å². The minimum atomic E-state index is -0.154. The van der Waals surface area contributed by atoms with E-state index in [1.54, 1.807) is 6.07 Å². The highest BCUT2D eigenvalue weighted by Crippen LogP contribution is 2.13. The predicted molar refractivity (Wildman–Crippen MR) is 54.8 cm³/mol. The predicted octanol–water partition coefficient (Wildman–Crippen LogP) is 3.70. The number of hydrogen-bond acceptors (Lipinski definition) is 0. The molecule has 0 spiro atoms. The Morgan fingerprint density at radius 2 is 2.08 bits per heavy atom. The molecule has 0 unspecified atom stereocenters. The Morgan fingerprint density at radius 3 is 2.69 bits per heavy atom. The SMILES string of the molecule is Cc1cc(F)ccc1CCCCCl. The van der Waals surface area contributed by atoms with Crippen molar-refractivity contribution < 1.29 is 4.39 Å². The lowest BCUT2D eigenvalue weighted by Gasteiger charge is -2.04. The van der Waals surface area contributed by atoms with Crippen LogP contribution in [0.15, 0.2) is 18.2 Å². The highest BCUT2D eigenvalue weighted by molar-refractivity contribution is 6.17. The fraction of sp³-hybridized carbons (Fsp3) is 0.455. The Labute approximate surface area is 83.7 Å². The summed E-state index contributed by atoms with van der Waals surface area (Å²) in [7, 11) is 0. The van der Waals surface area contributed by atoms with Gasteiger partial charge in [-0.25, -0.2) is 4.39 Å². The summed E-state index contributed by atoms with van der Waals surface area (Å²) >= 11 is 5.57. The van der Waals surface area contributed by atoms with E-state index < -0.39 is 0 Å². The van der Waals surface area contributed by atoms with Crippen LogP contribution in [0.4, 0.5) is 4.39 Å². The van der Waals surface area contributed by atoms with Crippen LogP contribution in [0, 0.1) is 12.7 Å². The Hall–Kier alpha value is -0.560. The van der Waals surface area contributed by atoms with Gasteiger partial charge in [0, 0.05) is 5.88 Å². The molecular formula is C11H14ClF. The summed E-state index contributed by atoms with van der Waals surface area (Å²) in [6, 6.07) is 4.96. The van der Waals surface area contributed by atoms with E-state index in [0.29, 0.717) is 5.88 Å². The van der Waals surface area contributed by atoms with Crippen LogP contribution in [0.3, 0.4) is 0 Å². The molecule has 0 radical (unpaired) electrons. The number of benzene rings is 1. The summed E-state index contributed by atoms with van der Waals surface area (Å²) in [6.07, 6.45) is 3.10. The van der Waals surface area contributed by atoms with E-state index >= 15 is 0 Å². The topological polar surface area (TPSA) is 0 Å². The molecule has 0 heterocycles. The van der Waals surface area contributed by atoms with Crippen LogP contribution in [0.2, 0.25) is 0 Å². The summed E-state index contributed by atoms with van der Waals surface area (Å²) in [4.78, 5) is 0. The Morgan fingerprint density at radius 1 is 1.31 bits per heavy atom. The van der Waals surface area contributed by atoms with Crippen molar-refractivity contribution in [3.05, 3.63) is 35.1 Å². The number of rotatable bonds is 4. The summed E-state index contributed by atoms with van der Waals surface area (Å²) in [5, 5.41) is 0. The Balaban J connectivity index is 2.56. The van der Waals surface area contributed by atoms with E-state index in [1.807, 2.05) is 13.0 Å². The lowest BCUT2D eigenvalue weighted by Crippen LogP contribution is -1.91. The minimum absolute atomic E-state index is 0.154. The van der Waals surface area contributed by atoms with Gasteiger partial charge in [-0.2, -0.15) is 0 Å². The van der Waals surface area contributed by atoms with E-state index in [4.69, 9.17) is 11.6 Å². The largest absolute Gasteiger partial charge is 0.207 e.